The smallest absolute Gasteiger partial charge is 0.265 e. The Morgan fingerprint density at radius 1 is 1.16 bits per heavy atom. The lowest BCUT2D eigenvalue weighted by atomic mass is 10.1. The predicted octanol–water partition coefficient (Wildman–Crippen LogP) is 5.02. The van der Waals surface area contributed by atoms with Crippen LogP contribution in [-0.4, -0.2) is 0 Å². The van der Waals surface area contributed by atoms with E-state index in [1.165, 1.54) is 6.07 Å². The summed E-state index contributed by atoms with van der Waals surface area (Å²) < 4.78 is 26.9. The van der Waals surface area contributed by atoms with Crippen molar-refractivity contribution in [1.29, 1.82) is 0 Å². The van der Waals surface area contributed by atoms with E-state index in [0.717, 1.165) is 15.7 Å². The van der Waals surface area contributed by atoms with E-state index in [-0.39, 0.29) is 5.56 Å². The predicted molar refractivity (Wildman–Crippen MR) is 78.0 cm³/mol. The molecule has 2 nitrogen and oxygen atoms in total. The quantitative estimate of drug-likeness (QED) is 0.777. The second kappa shape index (κ2) is 5.57. The minimum absolute atomic E-state index is 0.0978. The van der Waals surface area contributed by atoms with Gasteiger partial charge in [-0.3, -0.25) is 0 Å². The molecule has 100 valence electrons. The van der Waals surface area contributed by atoms with Crippen molar-refractivity contribution in [2.45, 2.75) is 13.3 Å². The summed E-state index contributed by atoms with van der Waals surface area (Å²) in [7, 11) is 0. The zero-order valence-electron chi connectivity index (χ0n) is 10.3. The number of nitrogens with two attached hydrogens (primary N) is 1. The number of anilines is 3. The number of benzene rings is 2. The highest BCUT2D eigenvalue weighted by Crippen LogP contribution is 2.33. The Bertz CT molecular complexity index is 600. The summed E-state index contributed by atoms with van der Waals surface area (Å²) in [6.45, 7) is 1.91. The van der Waals surface area contributed by atoms with Crippen molar-refractivity contribution in [1.82, 2.24) is 0 Å². The van der Waals surface area contributed by atoms with E-state index < -0.39 is 6.43 Å². The van der Waals surface area contributed by atoms with Crippen LogP contribution in [0.4, 0.5) is 25.8 Å². The highest BCUT2D eigenvalue weighted by Gasteiger charge is 2.14. The summed E-state index contributed by atoms with van der Waals surface area (Å²) in [5.74, 6) is 0. The Kier molecular flexibility index (Phi) is 4.04. The van der Waals surface area contributed by atoms with Gasteiger partial charge in [-0.2, -0.15) is 0 Å². The van der Waals surface area contributed by atoms with Gasteiger partial charge in [0.2, 0.25) is 0 Å². The summed E-state index contributed by atoms with van der Waals surface area (Å²) in [6, 6.07) is 10.0. The van der Waals surface area contributed by atoms with Crippen molar-refractivity contribution in [3.63, 3.8) is 0 Å². The molecule has 0 fully saturated rings. The summed E-state index contributed by atoms with van der Waals surface area (Å²) in [5.41, 5.74) is 7.87. The van der Waals surface area contributed by atoms with Gasteiger partial charge in [0.05, 0.1) is 0 Å². The number of hydrogen-bond acceptors (Lipinski definition) is 2. The third kappa shape index (κ3) is 3.04. The van der Waals surface area contributed by atoms with Crippen LogP contribution in [0.15, 0.2) is 40.9 Å². The highest BCUT2D eigenvalue weighted by atomic mass is 79.9. The fourth-order valence-electron chi connectivity index (χ4n) is 1.76. The number of halogens is 3. The molecule has 0 saturated heterocycles. The number of rotatable bonds is 3. The van der Waals surface area contributed by atoms with Crippen molar-refractivity contribution in [2.75, 3.05) is 11.1 Å². The van der Waals surface area contributed by atoms with Gasteiger partial charge in [-0.25, -0.2) is 8.78 Å². The number of nitrogen functional groups attached to an aromatic ring is 1. The monoisotopic (exact) mass is 326 g/mol. The summed E-state index contributed by atoms with van der Waals surface area (Å²) >= 11 is 3.41. The molecule has 0 spiro atoms. The first-order valence-electron chi connectivity index (χ1n) is 5.68. The molecule has 0 aliphatic heterocycles. The fraction of sp³-hybridized carbons (Fsp3) is 0.143. The molecular weight excluding hydrogens is 314 g/mol. The molecule has 0 aliphatic carbocycles. The van der Waals surface area contributed by atoms with Crippen LogP contribution in [0.25, 0.3) is 0 Å². The van der Waals surface area contributed by atoms with Crippen molar-refractivity contribution in [3.05, 3.63) is 52.0 Å². The van der Waals surface area contributed by atoms with E-state index in [4.69, 9.17) is 5.73 Å². The number of hydrogen-bond donors (Lipinski definition) is 2. The molecule has 2 rings (SSSR count). The van der Waals surface area contributed by atoms with Crippen LogP contribution in [0.1, 0.15) is 17.6 Å². The molecule has 2 aromatic rings. The molecule has 0 bridgehead atoms. The van der Waals surface area contributed by atoms with Crippen molar-refractivity contribution in [2.24, 2.45) is 0 Å². The first-order chi connectivity index (χ1) is 8.99. The van der Waals surface area contributed by atoms with Crippen molar-refractivity contribution in [3.8, 4) is 0 Å². The Hall–Kier alpha value is -1.62. The third-order valence-corrected chi connectivity index (χ3v) is 3.71. The van der Waals surface area contributed by atoms with Crippen molar-refractivity contribution < 1.29 is 8.78 Å². The van der Waals surface area contributed by atoms with Gasteiger partial charge in [0, 0.05) is 27.1 Å². The highest BCUT2D eigenvalue weighted by molar-refractivity contribution is 9.10. The van der Waals surface area contributed by atoms with Crippen LogP contribution >= 0.6 is 15.9 Å². The summed E-state index contributed by atoms with van der Waals surface area (Å²) in [4.78, 5) is 0. The lowest BCUT2D eigenvalue weighted by Gasteiger charge is -2.14. The van der Waals surface area contributed by atoms with E-state index in [2.05, 4.69) is 21.2 Å². The topological polar surface area (TPSA) is 38.0 Å². The van der Waals surface area contributed by atoms with Gasteiger partial charge in [-0.1, -0.05) is 22.0 Å². The molecule has 19 heavy (non-hydrogen) atoms. The zero-order chi connectivity index (χ0) is 14.0. The van der Waals surface area contributed by atoms with Crippen molar-refractivity contribution >= 4 is 33.0 Å². The van der Waals surface area contributed by atoms with Gasteiger partial charge in [0.25, 0.3) is 6.43 Å². The maximum absolute atomic E-state index is 13.0. The SMILES string of the molecule is Cc1c(Br)cccc1Nc1ccc(N)cc1C(F)F. The Morgan fingerprint density at radius 2 is 1.89 bits per heavy atom. The standard InChI is InChI=1S/C14H13BrF2N2/c1-8-11(15)3-2-4-12(8)19-13-6-5-9(18)7-10(13)14(16)17/h2-7,14,19H,18H2,1H3. The average molecular weight is 327 g/mol. The second-order valence-corrected chi connectivity index (χ2v) is 5.04. The first-order valence-corrected chi connectivity index (χ1v) is 6.48. The average Bonchev–Trinajstić information content (AvgIpc) is 2.36. The number of alkyl halides is 2. The van der Waals surface area contributed by atoms with Gasteiger partial charge >= 0.3 is 0 Å². The molecule has 0 unspecified atom stereocenters. The van der Waals surface area contributed by atoms with E-state index in [9.17, 15) is 8.78 Å². The third-order valence-electron chi connectivity index (χ3n) is 2.85. The minimum atomic E-state index is -2.57. The molecule has 3 N–H and O–H groups in total. The molecule has 0 aromatic heterocycles. The second-order valence-electron chi connectivity index (χ2n) is 4.18. The van der Waals surface area contributed by atoms with Gasteiger partial charge in [0.1, 0.15) is 0 Å². The Morgan fingerprint density at radius 3 is 2.58 bits per heavy atom. The van der Waals surface area contributed by atoms with E-state index in [0.29, 0.717) is 11.4 Å². The molecule has 0 aliphatic rings. The van der Waals surface area contributed by atoms with Crippen LogP contribution < -0.4 is 11.1 Å². The molecular formula is C14H13BrF2N2. The lowest BCUT2D eigenvalue weighted by Crippen LogP contribution is -2.00. The summed E-state index contributed by atoms with van der Waals surface area (Å²) in [6.07, 6.45) is -2.57. The number of nitrogens with one attached hydrogen (secondary N) is 1. The summed E-state index contributed by atoms with van der Waals surface area (Å²) in [5, 5.41) is 3.02. The molecule has 2 aromatic carbocycles. The lowest BCUT2D eigenvalue weighted by molar-refractivity contribution is 0.152. The molecule has 0 amide bonds. The van der Waals surface area contributed by atoms with Gasteiger partial charge in [-0.15, -0.1) is 0 Å². The van der Waals surface area contributed by atoms with E-state index in [1.54, 1.807) is 12.1 Å². The van der Waals surface area contributed by atoms with E-state index >= 15 is 0 Å². The van der Waals surface area contributed by atoms with Crippen LogP contribution in [0, 0.1) is 6.92 Å². The first kappa shape index (κ1) is 13.8. The van der Waals surface area contributed by atoms with Gasteiger partial charge in [0.15, 0.2) is 0 Å². The normalized spacial score (nSPS) is 10.8. The minimum Gasteiger partial charge on any atom is -0.399 e. The van der Waals surface area contributed by atoms with Crippen LogP contribution in [-0.2, 0) is 0 Å². The van der Waals surface area contributed by atoms with Crippen LogP contribution in [0.5, 0.6) is 0 Å². The largest absolute Gasteiger partial charge is 0.399 e. The van der Waals surface area contributed by atoms with Crippen LogP contribution in [0.3, 0.4) is 0 Å². The van der Waals surface area contributed by atoms with Gasteiger partial charge < -0.3 is 11.1 Å². The molecule has 0 atom stereocenters. The zero-order valence-corrected chi connectivity index (χ0v) is 11.8. The Labute approximate surface area is 118 Å². The maximum atomic E-state index is 13.0. The van der Waals surface area contributed by atoms with E-state index in [1.807, 2.05) is 25.1 Å². The fourth-order valence-corrected chi connectivity index (χ4v) is 2.13. The van der Waals surface area contributed by atoms with Crippen LogP contribution in [0.2, 0.25) is 0 Å². The Balaban J connectivity index is 2.41. The molecule has 0 heterocycles. The van der Waals surface area contributed by atoms with Gasteiger partial charge in [-0.05, 0) is 42.8 Å². The molecule has 0 radical (unpaired) electrons. The molecule has 5 heteroatoms. The maximum Gasteiger partial charge on any atom is 0.265 e. The molecule has 0 saturated carbocycles.